The molecule has 3 saturated carbocycles. The van der Waals surface area contributed by atoms with Crippen LogP contribution in [0.5, 0.6) is 0 Å². The third kappa shape index (κ3) is 5.06. The van der Waals surface area contributed by atoms with Crippen LogP contribution >= 0.6 is 11.6 Å². The summed E-state index contributed by atoms with van der Waals surface area (Å²) in [7, 11) is 0. The van der Waals surface area contributed by atoms with Gasteiger partial charge in [0.15, 0.2) is 29.5 Å². The van der Waals surface area contributed by atoms with Gasteiger partial charge in [0, 0.05) is 51.9 Å². The highest BCUT2D eigenvalue weighted by Crippen LogP contribution is 2.71. The van der Waals surface area contributed by atoms with E-state index in [-0.39, 0.29) is 19.3 Å². The minimum atomic E-state index is -2.36. The highest BCUT2D eigenvalue weighted by molar-refractivity contribution is 6.18. The van der Waals surface area contributed by atoms with Gasteiger partial charge in [0.2, 0.25) is 0 Å². The molecule has 1 saturated heterocycles. The monoisotopic (exact) mass is 674 g/mol. The first-order valence-corrected chi connectivity index (χ1v) is 15.8. The number of fused-ring (bicyclic) bond motifs is 2. The Morgan fingerprint density at radius 1 is 0.891 bits per heavy atom. The smallest absolute Gasteiger partial charge is 0.307 e. The predicted molar refractivity (Wildman–Crippen MR) is 155 cm³/mol. The van der Waals surface area contributed by atoms with Crippen LogP contribution in [0.3, 0.4) is 0 Å². The third-order valence-electron chi connectivity index (χ3n) is 10.6. The summed E-state index contributed by atoms with van der Waals surface area (Å²) in [5, 5.41) is 24.9. The molecule has 1 spiro atoms. The minimum Gasteiger partial charge on any atom is -0.461 e. The summed E-state index contributed by atoms with van der Waals surface area (Å²) in [6.07, 6.45) is -7.27. The lowest BCUT2D eigenvalue weighted by Gasteiger charge is -2.54. The molecule has 12 atom stereocenters. The van der Waals surface area contributed by atoms with E-state index in [1.165, 1.54) is 27.7 Å². The van der Waals surface area contributed by atoms with E-state index in [0.717, 1.165) is 27.7 Å². The molecule has 3 aliphatic carbocycles. The molecule has 1 aliphatic heterocycles. The summed E-state index contributed by atoms with van der Waals surface area (Å²) in [4.78, 5) is 78.0. The molecular weight excluding hydrogens is 632 g/mol. The van der Waals surface area contributed by atoms with Crippen molar-refractivity contribution in [1.29, 1.82) is 0 Å². The molecular formula is C31H43ClO14. The molecule has 258 valence electrons. The maximum Gasteiger partial charge on any atom is 0.307 e. The van der Waals surface area contributed by atoms with Crippen LogP contribution in [0.1, 0.15) is 81.1 Å². The minimum absolute atomic E-state index is 0.0702. The van der Waals surface area contributed by atoms with Gasteiger partial charge in [-0.3, -0.25) is 28.8 Å². The Bertz CT molecular complexity index is 1310. The molecule has 1 heterocycles. The van der Waals surface area contributed by atoms with Crippen molar-refractivity contribution in [3.63, 3.8) is 0 Å². The fraction of sp³-hybridized carbons (Fsp3) is 0.806. The molecule has 15 heteroatoms. The van der Waals surface area contributed by atoms with Gasteiger partial charge >= 0.3 is 35.8 Å². The lowest BCUT2D eigenvalue weighted by Crippen LogP contribution is -2.71. The van der Waals surface area contributed by atoms with Gasteiger partial charge in [-0.05, 0) is 33.6 Å². The first kappa shape index (κ1) is 35.9. The summed E-state index contributed by atoms with van der Waals surface area (Å²) in [5.41, 5.74) is -10.5. The van der Waals surface area contributed by atoms with Crippen LogP contribution in [0.4, 0.5) is 0 Å². The second-order valence-corrected chi connectivity index (χ2v) is 13.8. The second kappa shape index (κ2) is 11.9. The highest BCUT2D eigenvalue weighted by atomic mass is 35.5. The van der Waals surface area contributed by atoms with E-state index in [1.807, 2.05) is 0 Å². The van der Waals surface area contributed by atoms with Crippen molar-refractivity contribution < 1.29 is 67.4 Å². The Morgan fingerprint density at radius 3 is 1.96 bits per heavy atom. The number of carbonyl (C=O) groups is 6. The van der Waals surface area contributed by atoms with Crippen molar-refractivity contribution in [2.75, 3.05) is 5.88 Å². The van der Waals surface area contributed by atoms with Gasteiger partial charge in [0.05, 0.1) is 23.3 Å². The molecule has 2 N–H and O–H groups in total. The molecule has 2 bridgehead atoms. The fourth-order valence-electron chi connectivity index (χ4n) is 9.26. The fourth-order valence-corrected chi connectivity index (χ4v) is 9.47. The number of aliphatic hydroxyl groups is 2. The van der Waals surface area contributed by atoms with Crippen molar-refractivity contribution in [1.82, 2.24) is 0 Å². The summed E-state index contributed by atoms with van der Waals surface area (Å²) in [5.74, 6) is -9.16. The molecule has 0 aromatic carbocycles. The normalized spacial score (nSPS) is 42.2. The van der Waals surface area contributed by atoms with Crippen LogP contribution in [0.25, 0.3) is 0 Å². The topological polar surface area (TPSA) is 198 Å². The summed E-state index contributed by atoms with van der Waals surface area (Å²) >= 11 is 6.32. The van der Waals surface area contributed by atoms with E-state index >= 15 is 0 Å². The quantitative estimate of drug-likeness (QED) is 0.213. The van der Waals surface area contributed by atoms with Crippen molar-refractivity contribution in [3.8, 4) is 0 Å². The standard InChI is InChI=1S/C31H43ClO14/c1-9-21(37)44-24-25(42-15(3)34)31(27(6,39)13-32)20(12-22(38)46-31)28(7,40)19-11-10-18-23(41-14(2)33)30(19,24)26(43-16(4)35)29(18,8)45-17(5)36/h18-20,23-26,39-40H,9-13H2,1-8H3/t18-,19+,20+,23-,24-,25-,26+,27-,28-,29+,30+,31+/m1/s1. The molecule has 4 rings (SSSR count). The Kier molecular flexibility index (Phi) is 9.30. The Morgan fingerprint density at radius 2 is 1.46 bits per heavy atom. The Hall–Kier alpha value is -2.97. The Labute approximate surface area is 271 Å². The molecule has 4 aliphatic rings. The zero-order valence-electron chi connectivity index (χ0n) is 27.2. The van der Waals surface area contributed by atoms with E-state index < -0.39 is 118 Å². The number of halogens is 1. The zero-order chi connectivity index (χ0) is 34.8. The van der Waals surface area contributed by atoms with Crippen LogP contribution in [0, 0.1) is 23.2 Å². The van der Waals surface area contributed by atoms with E-state index in [0.29, 0.717) is 0 Å². The van der Waals surface area contributed by atoms with E-state index in [9.17, 15) is 39.0 Å². The summed E-state index contributed by atoms with van der Waals surface area (Å²) < 4.78 is 35.9. The van der Waals surface area contributed by atoms with Crippen molar-refractivity contribution in [2.24, 2.45) is 23.2 Å². The maximum atomic E-state index is 13.4. The number of esters is 6. The van der Waals surface area contributed by atoms with Crippen LogP contribution in [-0.2, 0) is 57.2 Å². The van der Waals surface area contributed by atoms with Crippen molar-refractivity contribution in [2.45, 2.75) is 128 Å². The first-order valence-electron chi connectivity index (χ1n) is 15.3. The van der Waals surface area contributed by atoms with Crippen LogP contribution < -0.4 is 0 Å². The zero-order valence-corrected chi connectivity index (χ0v) is 28.0. The number of carbonyl (C=O) groups excluding carboxylic acids is 6. The first-order chi connectivity index (χ1) is 21.2. The summed E-state index contributed by atoms with van der Waals surface area (Å²) in [6, 6.07) is 0. The van der Waals surface area contributed by atoms with Gasteiger partial charge in [-0.2, -0.15) is 0 Å². The van der Waals surface area contributed by atoms with Gasteiger partial charge in [0.25, 0.3) is 0 Å². The molecule has 46 heavy (non-hydrogen) atoms. The van der Waals surface area contributed by atoms with E-state index in [1.54, 1.807) is 0 Å². The van der Waals surface area contributed by atoms with Gasteiger partial charge in [0.1, 0.15) is 11.7 Å². The molecule has 0 unspecified atom stereocenters. The number of rotatable bonds is 8. The number of ether oxygens (including phenoxy) is 6. The molecule has 0 radical (unpaired) electrons. The molecule has 4 fully saturated rings. The lowest BCUT2D eigenvalue weighted by atomic mass is 9.55. The molecule has 0 aromatic heterocycles. The average molecular weight is 675 g/mol. The average Bonchev–Trinajstić information content (AvgIpc) is 3.33. The van der Waals surface area contributed by atoms with Gasteiger partial charge < -0.3 is 38.6 Å². The van der Waals surface area contributed by atoms with Crippen molar-refractivity contribution in [3.05, 3.63) is 0 Å². The largest absolute Gasteiger partial charge is 0.461 e. The molecule has 0 amide bonds. The van der Waals surface area contributed by atoms with Crippen LogP contribution in [0.15, 0.2) is 0 Å². The molecule has 0 aromatic rings. The van der Waals surface area contributed by atoms with Crippen LogP contribution in [-0.4, -0.2) is 98.7 Å². The van der Waals surface area contributed by atoms with Gasteiger partial charge in [-0.15, -0.1) is 11.6 Å². The SMILES string of the molecule is CCC(=O)O[C@@H]1[C@@H](OC(C)=O)[C@@]2([C@](C)(O)CCl)OC(=O)C[C@H]2[C@](C)(O)[C@@H]2CC[C@@H]3[C@@H](OC(C)=O)[C@]12[C@@H](OC(C)=O)[C@@]3(C)OC(C)=O. The van der Waals surface area contributed by atoms with Gasteiger partial charge in [-0.25, -0.2) is 0 Å². The number of hydrogen-bond acceptors (Lipinski definition) is 14. The summed E-state index contributed by atoms with van der Waals surface area (Å²) in [6.45, 7) is 10.0. The lowest BCUT2D eigenvalue weighted by molar-refractivity contribution is -0.264. The number of hydrogen-bond donors (Lipinski definition) is 2. The maximum absolute atomic E-state index is 13.4. The van der Waals surface area contributed by atoms with Crippen LogP contribution in [0.2, 0.25) is 0 Å². The van der Waals surface area contributed by atoms with Crippen molar-refractivity contribution >= 4 is 47.4 Å². The van der Waals surface area contributed by atoms with Gasteiger partial charge in [-0.1, -0.05) is 6.92 Å². The highest BCUT2D eigenvalue weighted by Gasteiger charge is 2.87. The van der Waals surface area contributed by atoms with E-state index in [4.69, 9.17) is 40.0 Å². The van der Waals surface area contributed by atoms with E-state index in [2.05, 4.69) is 0 Å². The number of alkyl halides is 1. The molecule has 14 nitrogen and oxygen atoms in total. The third-order valence-corrected chi connectivity index (χ3v) is 11.1. The second-order valence-electron chi connectivity index (χ2n) is 13.5. The predicted octanol–water partition coefficient (Wildman–Crippen LogP) is 1.51. The Balaban J connectivity index is 2.26.